The predicted octanol–water partition coefficient (Wildman–Crippen LogP) is 3.61. The van der Waals surface area contributed by atoms with E-state index in [1.54, 1.807) is 0 Å². The molecule has 0 saturated heterocycles. The van der Waals surface area contributed by atoms with E-state index in [9.17, 15) is 0 Å². The molecule has 1 unspecified atom stereocenters. The standard InChI is InChI=1S/C11H17BrN2/c1-4-8(2)7-13-11-6-5-10(12)9(3)14-11/h5-6,8H,4,7H2,1-3H3,(H,13,14). The molecule has 1 aromatic rings. The minimum atomic E-state index is 0.695. The highest BCUT2D eigenvalue weighted by Gasteiger charge is 2.01. The maximum atomic E-state index is 4.42. The van der Waals surface area contributed by atoms with Crippen LogP contribution in [-0.4, -0.2) is 11.5 Å². The van der Waals surface area contributed by atoms with Crippen molar-refractivity contribution in [3.63, 3.8) is 0 Å². The van der Waals surface area contributed by atoms with Crippen LogP contribution in [0.5, 0.6) is 0 Å². The van der Waals surface area contributed by atoms with Crippen LogP contribution >= 0.6 is 15.9 Å². The molecule has 0 saturated carbocycles. The molecule has 1 atom stereocenters. The average molecular weight is 257 g/mol. The van der Waals surface area contributed by atoms with Gasteiger partial charge in [-0.2, -0.15) is 0 Å². The molecule has 1 heterocycles. The second-order valence-corrected chi connectivity index (χ2v) is 4.51. The zero-order chi connectivity index (χ0) is 10.6. The lowest BCUT2D eigenvalue weighted by atomic mass is 10.1. The van der Waals surface area contributed by atoms with E-state index in [0.29, 0.717) is 5.92 Å². The molecule has 1 aromatic heterocycles. The minimum absolute atomic E-state index is 0.695. The summed E-state index contributed by atoms with van der Waals surface area (Å²) in [6.07, 6.45) is 1.20. The van der Waals surface area contributed by atoms with Gasteiger partial charge < -0.3 is 5.32 Å². The zero-order valence-corrected chi connectivity index (χ0v) is 10.6. The van der Waals surface area contributed by atoms with Gasteiger partial charge >= 0.3 is 0 Å². The Morgan fingerprint density at radius 1 is 1.50 bits per heavy atom. The number of hydrogen-bond acceptors (Lipinski definition) is 2. The second kappa shape index (κ2) is 5.35. The summed E-state index contributed by atoms with van der Waals surface area (Å²) < 4.78 is 1.06. The van der Waals surface area contributed by atoms with E-state index in [1.807, 2.05) is 19.1 Å². The molecular weight excluding hydrogens is 240 g/mol. The summed E-state index contributed by atoms with van der Waals surface area (Å²) in [6, 6.07) is 4.03. The number of pyridine rings is 1. The highest BCUT2D eigenvalue weighted by molar-refractivity contribution is 9.10. The van der Waals surface area contributed by atoms with Crippen molar-refractivity contribution in [3.05, 3.63) is 22.3 Å². The Kier molecular flexibility index (Phi) is 4.39. The highest BCUT2D eigenvalue weighted by atomic mass is 79.9. The Bertz CT molecular complexity index is 299. The van der Waals surface area contributed by atoms with Crippen molar-refractivity contribution in [1.82, 2.24) is 4.98 Å². The van der Waals surface area contributed by atoms with Crippen molar-refractivity contribution in [2.24, 2.45) is 5.92 Å². The van der Waals surface area contributed by atoms with Crippen LogP contribution in [0.1, 0.15) is 26.0 Å². The molecule has 0 aliphatic rings. The Balaban J connectivity index is 2.55. The van der Waals surface area contributed by atoms with Gasteiger partial charge in [0, 0.05) is 11.0 Å². The van der Waals surface area contributed by atoms with E-state index in [4.69, 9.17) is 0 Å². The van der Waals surface area contributed by atoms with Gasteiger partial charge in [-0.1, -0.05) is 20.3 Å². The SMILES string of the molecule is CCC(C)CNc1ccc(Br)c(C)n1. The van der Waals surface area contributed by atoms with Gasteiger partial charge in [-0.3, -0.25) is 0 Å². The summed E-state index contributed by atoms with van der Waals surface area (Å²) >= 11 is 3.43. The predicted molar refractivity (Wildman–Crippen MR) is 64.6 cm³/mol. The molecule has 0 bridgehead atoms. The first-order valence-corrected chi connectivity index (χ1v) is 5.79. The Morgan fingerprint density at radius 3 is 2.79 bits per heavy atom. The van der Waals surface area contributed by atoms with Crippen LogP contribution in [0.2, 0.25) is 0 Å². The summed E-state index contributed by atoms with van der Waals surface area (Å²) in [4.78, 5) is 4.42. The van der Waals surface area contributed by atoms with Crippen LogP contribution in [0, 0.1) is 12.8 Å². The van der Waals surface area contributed by atoms with Gasteiger partial charge in [0.05, 0.1) is 5.69 Å². The topological polar surface area (TPSA) is 24.9 Å². The van der Waals surface area contributed by atoms with Gasteiger partial charge in [0.25, 0.3) is 0 Å². The summed E-state index contributed by atoms with van der Waals surface area (Å²) in [6.45, 7) is 7.43. The summed E-state index contributed by atoms with van der Waals surface area (Å²) in [5, 5.41) is 3.33. The van der Waals surface area contributed by atoms with E-state index >= 15 is 0 Å². The van der Waals surface area contributed by atoms with Crippen molar-refractivity contribution >= 4 is 21.7 Å². The van der Waals surface area contributed by atoms with E-state index in [2.05, 4.69) is 40.1 Å². The van der Waals surface area contributed by atoms with E-state index in [1.165, 1.54) is 6.42 Å². The number of nitrogens with one attached hydrogen (secondary N) is 1. The largest absolute Gasteiger partial charge is 0.370 e. The number of aromatic nitrogens is 1. The van der Waals surface area contributed by atoms with Crippen LogP contribution in [0.15, 0.2) is 16.6 Å². The van der Waals surface area contributed by atoms with E-state index in [0.717, 1.165) is 22.5 Å². The summed E-state index contributed by atoms with van der Waals surface area (Å²) in [7, 11) is 0. The fraction of sp³-hybridized carbons (Fsp3) is 0.545. The van der Waals surface area contributed by atoms with Crippen LogP contribution in [0.25, 0.3) is 0 Å². The van der Waals surface area contributed by atoms with Crippen molar-refractivity contribution in [2.45, 2.75) is 27.2 Å². The molecule has 0 radical (unpaired) electrons. The molecule has 14 heavy (non-hydrogen) atoms. The third kappa shape index (κ3) is 3.29. The molecule has 0 aromatic carbocycles. The quantitative estimate of drug-likeness (QED) is 0.891. The number of hydrogen-bond donors (Lipinski definition) is 1. The molecule has 2 nitrogen and oxygen atoms in total. The fourth-order valence-corrected chi connectivity index (χ4v) is 1.29. The van der Waals surface area contributed by atoms with E-state index in [-0.39, 0.29) is 0 Å². The third-order valence-corrected chi connectivity index (χ3v) is 3.19. The van der Waals surface area contributed by atoms with Crippen LogP contribution in [0.4, 0.5) is 5.82 Å². The van der Waals surface area contributed by atoms with Gasteiger partial charge in [-0.25, -0.2) is 4.98 Å². The van der Waals surface area contributed by atoms with Crippen molar-refractivity contribution < 1.29 is 0 Å². The average Bonchev–Trinajstić information content (AvgIpc) is 2.19. The first kappa shape index (κ1) is 11.5. The lowest BCUT2D eigenvalue weighted by molar-refractivity contribution is 0.592. The number of aryl methyl sites for hydroxylation is 1. The molecule has 0 aliphatic heterocycles. The fourth-order valence-electron chi connectivity index (χ4n) is 1.07. The first-order chi connectivity index (χ1) is 6.63. The van der Waals surface area contributed by atoms with Crippen molar-refractivity contribution in [2.75, 3.05) is 11.9 Å². The minimum Gasteiger partial charge on any atom is -0.370 e. The maximum Gasteiger partial charge on any atom is 0.126 e. The molecule has 0 fully saturated rings. The van der Waals surface area contributed by atoms with Gasteiger partial charge in [0.2, 0.25) is 0 Å². The lowest BCUT2D eigenvalue weighted by Crippen LogP contribution is -2.11. The Morgan fingerprint density at radius 2 is 2.21 bits per heavy atom. The molecular formula is C11H17BrN2. The number of halogens is 1. The molecule has 0 aliphatic carbocycles. The smallest absolute Gasteiger partial charge is 0.126 e. The van der Waals surface area contributed by atoms with Gasteiger partial charge in [-0.05, 0) is 40.9 Å². The summed E-state index contributed by atoms with van der Waals surface area (Å²) in [5.41, 5.74) is 1.03. The summed E-state index contributed by atoms with van der Waals surface area (Å²) in [5.74, 6) is 1.66. The maximum absolute atomic E-state index is 4.42. The van der Waals surface area contributed by atoms with Crippen LogP contribution < -0.4 is 5.32 Å². The number of rotatable bonds is 4. The number of anilines is 1. The van der Waals surface area contributed by atoms with Crippen molar-refractivity contribution in [1.29, 1.82) is 0 Å². The molecule has 0 spiro atoms. The van der Waals surface area contributed by atoms with E-state index < -0.39 is 0 Å². The van der Waals surface area contributed by atoms with Gasteiger partial charge in [0.1, 0.15) is 5.82 Å². The first-order valence-electron chi connectivity index (χ1n) is 5.00. The molecule has 0 amide bonds. The second-order valence-electron chi connectivity index (χ2n) is 3.66. The third-order valence-electron chi connectivity index (χ3n) is 2.35. The normalized spacial score (nSPS) is 12.6. The molecule has 1 N–H and O–H groups in total. The molecule has 1 rings (SSSR count). The van der Waals surface area contributed by atoms with Gasteiger partial charge in [-0.15, -0.1) is 0 Å². The van der Waals surface area contributed by atoms with Crippen molar-refractivity contribution in [3.8, 4) is 0 Å². The Hall–Kier alpha value is -0.570. The molecule has 3 heteroatoms. The van der Waals surface area contributed by atoms with Crippen LogP contribution in [-0.2, 0) is 0 Å². The highest BCUT2D eigenvalue weighted by Crippen LogP contribution is 2.16. The monoisotopic (exact) mass is 256 g/mol. The zero-order valence-electron chi connectivity index (χ0n) is 8.97. The van der Waals surface area contributed by atoms with Crippen LogP contribution in [0.3, 0.4) is 0 Å². The number of nitrogens with zero attached hydrogens (tertiary/aromatic N) is 1. The van der Waals surface area contributed by atoms with Gasteiger partial charge in [0.15, 0.2) is 0 Å². The Labute approximate surface area is 94.3 Å². The lowest BCUT2D eigenvalue weighted by Gasteiger charge is -2.11. The molecule has 78 valence electrons.